The molecule has 0 unspecified atom stereocenters. The van der Waals surface area contributed by atoms with Crippen LogP contribution in [0.5, 0.6) is 0 Å². The molecule has 0 aromatic rings. The first-order valence-electron chi connectivity index (χ1n) is 9.55. The summed E-state index contributed by atoms with van der Waals surface area (Å²) in [5.41, 5.74) is 0. The van der Waals surface area contributed by atoms with Gasteiger partial charge in [0.15, 0.2) is 0 Å². The molecule has 28 heavy (non-hydrogen) atoms. The second-order valence-corrected chi connectivity index (χ2v) is 5.62. The van der Waals surface area contributed by atoms with E-state index in [2.05, 4.69) is 10.6 Å². The van der Waals surface area contributed by atoms with Crippen LogP contribution in [0.4, 0.5) is 0 Å². The summed E-state index contributed by atoms with van der Waals surface area (Å²) in [4.78, 5) is 22.5. The number of hydrogen-bond donors (Lipinski definition) is 2. The largest absolute Gasteiger partial charge is 0.385 e. The summed E-state index contributed by atoms with van der Waals surface area (Å²) in [6, 6.07) is 0. The van der Waals surface area contributed by atoms with Gasteiger partial charge in [0, 0.05) is 40.3 Å². The fourth-order valence-corrected chi connectivity index (χ4v) is 1.84. The van der Waals surface area contributed by atoms with E-state index in [0.29, 0.717) is 79.0 Å². The lowest BCUT2D eigenvalue weighted by molar-refractivity contribution is -0.126. The Hall–Kier alpha value is -1.30. The normalized spacial score (nSPS) is 10.8. The van der Waals surface area contributed by atoms with Crippen LogP contribution in [0.25, 0.3) is 0 Å². The van der Waals surface area contributed by atoms with Crippen LogP contribution in [0, 0.1) is 0 Å². The average molecular weight is 408 g/mol. The summed E-state index contributed by atoms with van der Waals surface area (Å²) in [7, 11) is 3.24. The third kappa shape index (κ3) is 21.0. The molecular formula is C18H36N2O8. The molecule has 2 N–H and O–H groups in total. The molecule has 10 nitrogen and oxygen atoms in total. The van der Waals surface area contributed by atoms with Crippen molar-refractivity contribution in [3.8, 4) is 0 Å². The highest BCUT2D eigenvalue weighted by molar-refractivity contribution is 5.77. The van der Waals surface area contributed by atoms with Gasteiger partial charge in [-0.25, -0.2) is 0 Å². The van der Waals surface area contributed by atoms with Crippen molar-refractivity contribution < 1.29 is 38.0 Å². The molecule has 0 atom stereocenters. The number of carbonyl (C=O) groups excluding carboxylic acids is 2. The second-order valence-electron chi connectivity index (χ2n) is 5.62. The van der Waals surface area contributed by atoms with Gasteiger partial charge in [0.25, 0.3) is 0 Å². The molecule has 0 fully saturated rings. The molecule has 0 aromatic heterocycles. The zero-order valence-corrected chi connectivity index (χ0v) is 17.2. The maximum absolute atomic E-state index is 11.5. The van der Waals surface area contributed by atoms with Gasteiger partial charge in [0.05, 0.1) is 52.9 Å². The summed E-state index contributed by atoms with van der Waals surface area (Å²) >= 11 is 0. The summed E-state index contributed by atoms with van der Waals surface area (Å²) < 4.78 is 31.3. The van der Waals surface area contributed by atoms with Crippen molar-refractivity contribution in [3.63, 3.8) is 0 Å². The minimum atomic E-state index is -0.187. The maximum Gasteiger partial charge on any atom is 0.246 e. The lowest BCUT2D eigenvalue weighted by Gasteiger charge is -2.08. The summed E-state index contributed by atoms with van der Waals surface area (Å²) in [6.45, 7) is 5.09. The molecule has 10 heteroatoms. The molecule has 0 bridgehead atoms. The molecule has 0 aromatic carbocycles. The molecule has 166 valence electrons. The molecule has 0 spiro atoms. The van der Waals surface area contributed by atoms with Gasteiger partial charge in [-0.2, -0.15) is 0 Å². The molecule has 0 radical (unpaired) electrons. The van der Waals surface area contributed by atoms with Gasteiger partial charge in [-0.15, -0.1) is 0 Å². The van der Waals surface area contributed by atoms with E-state index in [0.717, 1.165) is 6.42 Å². The maximum atomic E-state index is 11.5. The number of amides is 2. The number of nitrogens with one attached hydrogen (secondary N) is 2. The Labute approximate surface area is 167 Å². The van der Waals surface area contributed by atoms with E-state index in [-0.39, 0.29) is 18.4 Å². The van der Waals surface area contributed by atoms with Crippen molar-refractivity contribution in [2.24, 2.45) is 0 Å². The first-order chi connectivity index (χ1) is 13.7. The van der Waals surface area contributed by atoms with Crippen LogP contribution in [0.3, 0.4) is 0 Å². The van der Waals surface area contributed by atoms with E-state index in [1.54, 1.807) is 14.2 Å². The number of rotatable bonds is 21. The standard InChI is InChI=1S/C18H36N2O8/c1-19-17(21)4-8-25-10-12-27-13-11-26-9-5-20-18(22)16-28-15-14-24-7-3-6-23-2/h3-16H2,1-2H3,(H,19,21)(H,20,22). The number of ether oxygens (including phenoxy) is 6. The Morgan fingerprint density at radius 2 is 1.25 bits per heavy atom. The fourth-order valence-electron chi connectivity index (χ4n) is 1.84. The van der Waals surface area contributed by atoms with Crippen LogP contribution >= 0.6 is 0 Å². The molecule has 0 saturated heterocycles. The number of carbonyl (C=O) groups is 2. The van der Waals surface area contributed by atoms with Crippen LogP contribution in [0.15, 0.2) is 0 Å². The van der Waals surface area contributed by atoms with Crippen LogP contribution in [-0.4, -0.2) is 105 Å². The second kappa shape index (κ2) is 22.0. The van der Waals surface area contributed by atoms with E-state index >= 15 is 0 Å². The zero-order valence-electron chi connectivity index (χ0n) is 17.2. The number of hydrogen-bond acceptors (Lipinski definition) is 8. The van der Waals surface area contributed by atoms with Gasteiger partial charge in [0.1, 0.15) is 6.61 Å². The SMILES string of the molecule is CNC(=O)CCOCCOCCOCCNC(=O)COCCOCCCOC. The molecule has 2 amide bonds. The molecule has 0 heterocycles. The first-order valence-corrected chi connectivity index (χ1v) is 9.55. The summed E-state index contributed by atoms with van der Waals surface area (Å²) in [5, 5.41) is 5.22. The number of methoxy groups -OCH3 is 1. The molecular weight excluding hydrogens is 372 g/mol. The molecule has 0 aliphatic heterocycles. The zero-order chi connectivity index (χ0) is 20.7. The van der Waals surface area contributed by atoms with Crippen LogP contribution < -0.4 is 10.6 Å². The predicted molar refractivity (Wildman–Crippen MR) is 102 cm³/mol. The van der Waals surface area contributed by atoms with Crippen molar-refractivity contribution in [2.75, 3.05) is 93.4 Å². The smallest absolute Gasteiger partial charge is 0.246 e. The lowest BCUT2D eigenvalue weighted by atomic mass is 10.4. The minimum absolute atomic E-state index is 0.00442. The van der Waals surface area contributed by atoms with E-state index in [9.17, 15) is 9.59 Å². The third-order valence-corrected chi connectivity index (χ3v) is 3.31. The van der Waals surface area contributed by atoms with Crippen molar-refractivity contribution in [1.29, 1.82) is 0 Å². The van der Waals surface area contributed by atoms with Gasteiger partial charge >= 0.3 is 0 Å². The van der Waals surface area contributed by atoms with Crippen LogP contribution in [-0.2, 0) is 38.0 Å². The summed E-state index contributed by atoms with van der Waals surface area (Å²) in [6.07, 6.45) is 1.19. The van der Waals surface area contributed by atoms with E-state index in [1.807, 2.05) is 0 Å². The fraction of sp³-hybridized carbons (Fsp3) is 0.889. The highest BCUT2D eigenvalue weighted by Gasteiger charge is 2.01. The summed E-state index contributed by atoms with van der Waals surface area (Å²) in [5.74, 6) is -0.233. The molecule has 0 rings (SSSR count). The van der Waals surface area contributed by atoms with Crippen LogP contribution in [0.1, 0.15) is 12.8 Å². The quantitative estimate of drug-likeness (QED) is 0.241. The van der Waals surface area contributed by atoms with Crippen molar-refractivity contribution >= 4 is 11.8 Å². The highest BCUT2D eigenvalue weighted by Crippen LogP contribution is 1.86. The topological polar surface area (TPSA) is 114 Å². The van der Waals surface area contributed by atoms with Crippen molar-refractivity contribution in [3.05, 3.63) is 0 Å². The van der Waals surface area contributed by atoms with E-state index in [4.69, 9.17) is 28.4 Å². The Bertz CT molecular complexity index is 371. The Balaban J connectivity index is 3.17. The Kier molecular flexibility index (Phi) is 21.0. The van der Waals surface area contributed by atoms with Gasteiger partial charge in [0.2, 0.25) is 11.8 Å². The molecule has 0 aliphatic carbocycles. The first kappa shape index (κ1) is 26.7. The van der Waals surface area contributed by atoms with E-state index in [1.165, 1.54) is 0 Å². The van der Waals surface area contributed by atoms with Crippen LogP contribution in [0.2, 0.25) is 0 Å². The Morgan fingerprint density at radius 1 is 0.679 bits per heavy atom. The third-order valence-electron chi connectivity index (χ3n) is 3.31. The monoisotopic (exact) mass is 408 g/mol. The van der Waals surface area contributed by atoms with Gasteiger partial charge < -0.3 is 39.1 Å². The predicted octanol–water partition coefficient (Wildman–Crippen LogP) is -0.642. The lowest BCUT2D eigenvalue weighted by Crippen LogP contribution is -2.31. The molecule has 0 saturated carbocycles. The van der Waals surface area contributed by atoms with Gasteiger partial charge in [-0.1, -0.05) is 0 Å². The van der Waals surface area contributed by atoms with Gasteiger partial charge in [-0.05, 0) is 6.42 Å². The highest BCUT2D eigenvalue weighted by atomic mass is 16.5. The van der Waals surface area contributed by atoms with E-state index < -0.39 is 0 Å². The average Bonchev–Trinajstić information content (AvgIpc) is 2.70. The van der Waals surface area contributed by atoms with Gasteiger partial charge in [-0.3, -0.25) is 9.59 Å². The van der Waals surface area contributed by atoms with Crippen molar-refractivity contribution in [1.82, 2.24) is 10.6 Å². The molecule has 0 aliphatic rings. The minimum Gasteiger partial charge on any atom is -0.385 e. The Morgan fingerprint density at radius 3 is 1.89 bits per heavy atom. The van der Waals surface area contributed by atoms with Crippen molar-refractivity contribution in [2.45, 2.75) is 12.8 Å².